The second-order valence-corrected chi connectivity index (χ2v) is 5.91. The van der Waals surface area contributed by atoms with Crippen LogP contribution in [0.25, 0.3) is 0 Å². The molecule has 0 aliphatic carbocycles. The van der Waals surface area contributed by atoms with Crippen LogP contribution in [0, 0.1) is 13.8 Å². The van der Waals surface area contributed by atoms with E-state index in [-0.39, 0.29) is 4.90 Å². The number of carbonyl (C=O) groups excluding carboxylic acids is 1. The molecule has 1 aromatic rings. The molecule has 1 aromatic carbocycles. The number of aryl methyl sites for hydroxylation is 1. The van der Waals surface area contributed by atoms with Crippen LogP contribution in [-0.2, 0) is 14.8 Å². The molecule has 0 spiro atoms. The molecule has 18 heavy (non-hydrogen) atoms. The van der Waals surface area contributed by atoms with E-state index in [0.29, 0.717) is 5.69 Å². The van der Waals surface area contributed by atoms with Gasteiger partial charge in [-0.25, -0.2) is 8.42 Å². The highest BCUT2D eigenvalue weighted by molar-refractivity contribution is 7.89. The largest absolute Gasteiger partial charge is 0.398 e. The minimum absolute atomic E-state index is 0.0243. The number of hydrogen-bond acceptors (Lipinski definition) is 4. The van der Waals surface area contributed by atoms with Gasteiger partial charge in [0.25, 0.3) is 0 Å². The predicted octanol–water partition coefficient (Wildman–Crippen LogP) is 0.0377. The zero-order chi connectivity index (χ0) is 14.1. The van der Waals surface area contributed by atoms with Crippen molar-refractivity contribution in [1.82, 2.24) is 4.72 Å². The molecular weight excluding hydrogens is 254 g/mol. The number of rotatable bonds is 4. The number of anilines is 1. The molecule has 0 fully saturated rings. The smallest absolute Gasteiger partial charge is 0.241 e. The Morgan fingerprint density at radius 3 is 2.33 bits per heavy atom. The third-order valence-corrected chi connectivity index (χ3v) is 4.27. The van der Waals surface area contributed by atoms with Crippen LogP contribution in [0.4, 0.5) is 5.69 Å². The van der Waals surface area contributed by atoms with E-state index in [4.69, 9.17) is 11.5 Å². The molecule has 0 aliphatic rings. The Morgan fingerprint density at radius 2 is 1.89 bits per heavy atom. The van der Waals surface area contributed by atoms with Crippen molar-refractivity contribution in [3.63, 3.8) is 0 Å². The van der Waals surface area contributed by atoms with E-state index >= 15 is 0 Å². The molecule has 7 heteroatoms. The van der Waals surface area contributed by atoms with Crippen LogP contribution < -0.4 is 16.2 Å². The Morgan fingerprint density at radius 1 is 1.33 bits per heavy atom. The maximum atomic E-state index is 12.0. The number of sulfonamides is 1. The van der Waals surface area contributed by atoms with Crippen LogP contribution in [0.2, 0.25) is 0 Å². The minimum atomic E-state index is -3.80. The first-order valence-corrected chi connectivity index (χ1v) is 6.82. The lowest BCUT2D eigenvalue weighted by Crippen LogP contribution is -2.42. The molecule has 1 rings (SSSR count). The van der Waals surface area contributed by atoms with Gasteiger partial charge in [0.05, 0.1) is 10.9 Å². The highest BCUT2D eigenvalue weighted by atomic mass is 32.2. The molecular formula is C11H17N3O3S. The molecule has 0 aromatic heterocycles. The van der Waals surface area contributed by atoms with Crippen molar-refractivity contribution in [2.24, 2.45) is 5.73 Å². The SMILES string of the molecule is Cc1cc(S(=O)(=O)NC(C)C(N)=O)cc(N)c1C. The lowest BCUT2D eigenvalue weighted by Gasteiger charge is -2.13. The summed E-state index contributed by atoms with van der Waals surface area (Å²) in [7, 11) is -3.80. The number of nitrogens with one attached hydrogen (secondary N) is 1. The first-order valence-electron chi connectivity index (χ1n) is 5.33. The second kappa shape index (κ2) is 4.95. The fraction of sp³-hybridized carbons (Fsp3) is 0.364. The van der Waals surface area contributed by atoms with Crippen LogP contribution in [0.3, 0.4) is 0 Å². The van der Waals surface area contributed by atoms with Gasteiger partial charge in [0.2, 0.25) is 15.9 Å². The third-order valence-electron chi connectivity index (χ3n) is 2.75. The average Bonchev–Trinajstić information content (AvgIpc) is 2.24. The van der Waals surface area contributed by atoms with E-state index in [9.17, 15) is 13.2 Å². The van der Waals surface area contributed by atoms with Gasteiger partial charge in [-0.2, -0.15) is 4.72 Å². The van der Waals surface area contributed by atoms with Gasteiger partial charge in [-0.1, -0.05) is 0 Å². The number of benzene rings is 1. The summed E-state index contributed by atoms with van der Waals surface area (Å²) in [6.45, 7) is 4.95. The Labute approximate surface area is 106 Å². The van der Waals surface area contributed by atoms with Crippen LogP contribution in [0.5, 0.6) is 0 Å². The van der Waals surface area contributed by atoms with Gasteiger partial charge in [-0.3, -0.25) is 4.79 Å². The predicted molar refractivity (Wildman–Crippen MR) is 69.3 cm³/mol. The Balaban J connectivity index is 3.18. The van der Waals surface area contributed by atoms with Crippen LogP contribution in [0.1, 0.15) is 18.1 Å². The molecule has 1 amide bonds. The van der Waals surface area contributed by atoms with E-state index in [0.717, 1.165) is 11.1 Å². The number of carbonyl (C=O) groups is 1. The summed E-state index contributed by atoms with van der Waals surface area (Å²) in [5.74, 6) is -0.740. The Kier molecular flexibility index (Phi) is 3.98. The first kappa shape index (κ1) is 14.5. The maximum absolute atomic E-state index is 12.0. The van der Waals surface area contributed by atoms with Gasteiger partial charge in [0.1, 0.15) is 0 Å². The lowest BCUT2D eigenvalue weighted by molar-refractivity contribution is -0.119. The maximum Gasteiger partial charge on any atom is 0.241 e. The summed E-state index contributed by atoms with van der Waals surface area (Å²) >= 11 is 0. The molecule has 0 radical (unpaired) electrons. The number of hydrogen-bond donors (Lipinski definition) is 3. The highest BCUT2D eigenvalue weighted by Gasteiger charge is 2.21. The van der Waals surface area contributed by atoms with Crippen molar-refractivity contribution in [1.29, 1.82) is 0 Å². The normalized spacial score (nSPS) is 13.3. The zero-order valence-corrected chi connectivity index (χ0v) is 11.3. The summed E-state index contributed by atoms with van der Waals surface area (Å²) < 4.78 is 26.2. The van der Waals surface area contributed by atoms with E-state index in [1.54, 1.807) is 13.8 Å². The van der Waals surface area contributed by atoms with Crippen molar-refractivity contribution >= 4 is 21.6 Å². The van der Waals surface area contributed by atoms with Gasteiger partial charge in [0.15, 0.2) is 0 Å². The summed E-state index contributed by atoms with van der Waals surface area (Å²) in [4.78, 5) is 10.9. The molecule has 6 nitrogen and oxygen atoms in total. The topological polar surface area (TPSA) is 115 Å². The fourth-order valence-corrected chi connectivity index (χ4v) is 2.70. The van der Waals surface area contributed by atoms with Crippen molar-refractivity contribution in [3.05, 3.63) is 23.3 Å². The molecule has 0 bridgehead atoms. The van der Waals surface area contributed by atoms with Crippen molar-refractivity contribution < 1.29 is 13.2 Å². The summed E-state index contributed by atoms with van der Waals surface area (Å²) in [5.41, 5.74) is 12.7. The molecule has 0 saturated carbocycles. The van der Waals surface area contributed by atoms with Crippen molar-refractivity contribution in [2.45, 2.75) is 31.7 Å². The lowest BCUT2D eigenvalue weighted by atomic mass is 10.1. The van der Waals surface area contributed by atoms with Gasteiger partial charge < -0.3 is 11.5 Å². The number of nitrogens with two attached hydrogens (primary N) is 2. The Bertz CT molecular complexity index is 558. The number of amides is 1. The monoisotopic (exact) mass is 271 g/mol. The Hall–Kier alpha value is -1.60. The molecule has 100 valence electrons. The van der Waals surface area contributed by atoms with E-state index in [1.165, 1.54) is 19.1 Å². The van der Waals surface area contributed by atoms with Gasteiger partial charge in [0, 0.05) is 5.69 Å². The molecule has 1 unspecified atom stereocenters. The van der Waals surface area contributed by atoms with Gasteiger partial charge in [-0.15, -0.1) is 0 Å². The van der Waals surface area contributed by atoms with Crippen molar-refractivity contribution in [2.75, 3.05) is 5.73 Å². The van der Waals surface area contributed by atoms with Crippen molar-refractivity contribution in [3.8, 4) is 0 Å². The molecule has 1 atom stereocenters. The molecule has 0 heterocycles. The summed E-state index contributed by atoms with van der Waals surface area (Å²) in [6, 6.07) is 1.89. The molecule has 5 N–H and O–H groups in total. The second-order valence-electron chi connectivity index (χ2n) is 4.20. The highest BCUT2D eigenvalue weighted by Crippen LogP contribution is 2.21. The van der Waals surface area contributed by atoms with Gasteiger partial charge >= 0.3 is 0 Å². The van der Waals surface area contributed by atoms with E-state index in [2.05, 4.69) is 4.72 Å². The number of primary amides is 1. The van der Waals surface area contributed by atoms with E-state index < -0.39 is 22.0 Å². The minimum Gasteiger partial charge on any atom is -0.398 e. The average molecular weight is 271 g/mol. The summed E-state index contributed by atoms with van der Waals surface area (Å²) in [6.07, 6.45) is 0. The third kappa shape index (κ3) is 2.99. The fourth-order valence-electron chi connectivity index (χ4n) is 1.37. The van der Waals surface area contributed by atoms with Crippen LogP contribution >= 0.6 is 0 Å². The standard InChI is InChI=1S/C11H17N3O3S/c1-6-4-9(5-10(12)7(6)2)18(16,17)14-8(3)11(13)15/h4-5,8,14H,12H2,1-3H3,(H2,13,15). The van der Waals surface area contributed by atoms with Crippen LogP contribution in [-0.4, -0.2) is 20.4 Å². The quantitative estimate of drug-likeness (QED) is 0.670. The first-order chi connectivity index (χ1) is 8.15. The van der Waals surface area contributed by atoms with E-state index in [1.807, 2.05) is 0 Å². The molecule has 0 saturated heterocycles. The van der Waals surface area contributed by atoms with Crippen LogP contribution in [0.15, 0.2) is 17.0 Å². The molecule has 0 aliphatic heterocycles. The zero-order valence-electron chi connectivity index (χ0n) is 10.5. The summed E-state index contributed by atoms with van der Waals surface area (Å²) in [5, 5.41) is 0. The van der Waals surface area contributed by atoms with Gasteiger partial charge in [-0.05, 0) is 44.0 Å². The number of nitrogen functional groups attached to an aromatic ring is 1.